The van der Waals surface area contributed by atoms with Gasteiger partial charge in [0.15, 0.2) is 14.5 Å². The molecule has 0 aliphatic carbocycles. The van der Waals surface area contributed by atoms with Gasteiger partial charge < -0.3 is 13.7 Å². The molecule has 2 aromatic heterocycles. The number of aromatic nitrogens is 2. The Kier molecular flexibility index (Phi) is 8.56. The number of benzene rings is 1. The molecule has 0 saturated carbocycles. The van der Waals surface area contributed by atoms with Gasteiger partial charge >= 0.3 is 0 Å². The number of nitriles is 1. The maximum Gasteiger partial charge on any atom is 0.169 e. The van der Waals surface area contributed by atoms with E-state index in [1.165, 1.54) is 0 Å². The zero-order valence-corrected chi connectivity index (χ0v) is 24.5. The first-order valence-electron chi connectivity index (χ1n) is 13.8. The highest BCUT2D eigenvalue weighted by molar-refractivity contribution is 6.82. The fourth-order valence-corrected chi connectivity index (χ4v) is 13.5. The third-order valence-electron chi connectivity index (χ3n) is 8.34. The molecule has 1 fully saturated rings. The maximum atomic E-state index is 16.5. The van der Waals surface area contributed by atoms with Crippen molar-refractivity contribution in [1.29, 1.82) is 5.26 Å². The number of pyridine rings is 1. The van der Waals surface area contributed by atoms with Crippen LogP contribution < -0.4 is 0 Å². The lowest BCUT2D eigenvalue weighted by Crippen LogP contribution is -2.51. The Labute approximate surface area is 227 Å². The number of fused-ring (bicyclic) bond motifs is 1. The standard InChI is InChI=1S/C31H40FN3O2Si/c1-8-23-24-14-16-35(38(20(2)3,21(4)5)22(6)7)28(24)18-26(32)30(23)31(37-29-13-9-10-17-36-29)25-12-11-15-34-27(25)19-33/h8,11-12,14-16,18,20-22,29,31H,1,9-10,13,17H2,2-7H3. The summed E-state index contributed by atoms with van der Waals surface area (Å²) in [6.07, 6.45) is 6.75. The molecule has 4 rings (SSSR count). The van der Waals surface area contributed by atoms with Crippen molar-refractivity contribution in [1.82, 2.24) is 9.22 Å². The van der Waals surface area contributed by atoms with Crippen LogP contribution in [-0.4, -0.2) is 30.3 Å². The Hall–Kier alpha value is -2.79. The summed E-state index contributed by atoms with van der Waals surface area (Å²) in [7, 11) is -2.12. The van der Waals surface area contributed by atoms with Gasteiger partial charge in [-0.3, -0.25) is 0 Å². The van der Waals surface area contributed by atoms with Crippen LogP contribution in [-0.2, 0) is 9.47 Å². The summed E-state index contributed by atoms with van der Waals surface area (Å²) in [6, 6.07) is 9.45. The van der Waals surface area contributed by atoms with Crippen LogP contribution in [0.25, 0.3) is 17.0 Å². The van der Waals surface area contributed by atoms with E-state index in [1.807, 2.05) is 0 Å². The Balaban J connectivity index is 1.98. The number of halogens is 1. The van der Waals surface area contributed by atoms with Crippen LogP contribution in [0.4, 0.5) is 4.39 Å². The monoisotopic (exact) mass is 533 g/mol. The minimum absolute atomic E-state index is 0.214. The molecule has 202 valence electrons. The van der Waals surface area contributed by atoms with Crippen molar-refractivity contribution in [2.24, 2.45) is 0 Å². The average Bonchev–Trinajstić information content (AvgIpc) is 3.30. The number of hydrogen-bond donors (Lipinski definition) is 0. The minimum atomic E-state index is -2.12. The van der Waals surface area contributed by atoms with Crippen molar-refractivity contribution >= 4 is 25.2 Å². The Bertz CT molecular complexity index is 1310. The fraction of sp³-hybridized carbons (Fsp3) is 0.484. The van der Waals surface area contributed by atoms with Crippen molar-refractivity contribution in [2.45, 2.75) is 89.8 Å². The van der Waals surface area contributed by atoms with Crippen molar-refractivity contribution in [3.63, 3.8) is 0 Å². The van der Waals surface area contributed by atoms with E-state index in [-0.39, 0.29) is 11.5 Å². The van der Waals surface area contributed by atoms with Crippen LogP contribution in [0, 0.1) is 17.1 Å². The van der Waals surface area contributed by atoms with Crippen molar-refractivity contribution in [3.8, 4) is 6.07 Å². The number of nitrogens with zero attached hydrogens (tertiary/aromatic N) is 3. The molecular weight excluding hydrogens is 493 g/mol. The topological polar surface area (TPSA) is 60.1 Å². The van der Waals surface area contributed by atoms with Crippen LogP contribution in [0.3, 0.4) is 0 Å². The summed E-state index contributed by atoms with van der Waals surface area (Å²) >= 11 is 0. The Morgan fingerprint density at radius 2 is 1.89 bits per heavy atom. The third kappa shape index (κ3) is 4.74. The molecule has 0 spiro atoms. The van der Waals surface area contributed by atoms with Gasteiger partial charge in [0.05, 0.1) is 0 Å². The molecule has 1 aromatic carbocycles. The van der Waals surface area contributed by atoms with Crippen molar-refractivity contribution < 1.29 is 13.9 Å². The summed E-state index contributed by atoms with van der Waals surface area (Å²) in [4.78, 5) is 4.25. The summed E-state index contributed by atoms with van der Waals surface area (Å²) in [5, 5.41) is 10.8. The number of rotatable bonds is 9. The van der Waals surface area contributed by atoms with E-state index in [2.05, 4.69) is 75.7 Å². The van der Waals surface area contributed by atoms with Gasteiger partial charge in [-0.15, -0.1) is 0 Å². The number of ether oxygens (including phenoxy) is 2. The van der Waals surface area contributed by atoms with E-state index in [4.69, 9.17) is 9.47 Å². The summed E-state index contributed by atoms with van der Waals surface area (Å²) in [5.41, 5.74) is 4.07. The molecule has 0 radical (unpaired) electrons. The van der Waals surface area contributed by atoms with Gasteiger partial charge in [0.25, 0.3) is 0 Å². The highest BCUT2D eigenvalue weighted by Gasteiger charge is 2.46. The smallest absolute Gasteiger partial charge is 0.169 e. The zero-order valence-electron chi connectivity index (χ0n) is 23.5. The Morgan fingerprint density at radius 3 is 2.47 bits per heavy atom. The molecule has 7 heteroatoms. The SMILES string of the molecule is C=Cc1c(C(OC2CCCCO2)c2cccnc2C#N)c(F)cc2c1ccn2[Si](C(C)C)(C(C)C)C(C)C. The summed E-state index contributed by atoms with van der Waals surface area (Å²) < 4.78 is 31.2. The predicted octanol–water partition coefficient (Wildman–Crippen LogP) is 8.35. The molecule has 2 atom stereocenters. The van der Waals surface area contributed by atoms with E-state index >= 15 is 4.39 Å². The molecule has 0 N–H and O–H groups in total. The Morgan fingerprint density at radius 1 is 1.18 bits per heavy atom. The lowest BCUT2D eigenvalue weighted by Gasteiger charge is -2.44. The van der Waals surface area contributed by atoms with Crippen LogP contribution >= 0.6 is 0 Å². The molecule has 3 heterocycles. The highest BCUT2D eigenvalue weighted by Crippen LogP contribution is 2.46. The molecule has 2 unspecified atom stereocenters. The second-order valence-corrected chi connectivity index (χ2v) is 16.9. The van der Waals surface area contributed by atoms with Crippen LogP contribution in [0.1, 0.15) is 89.3 Å². The van der Waals surface area contributed by atoms with Gasteiger partial charge in [0.2, 0.25) is 0 Å². The zero-order chi connectivity index (χ0) is 27.6. The van der Waals surface area contributed by atoms with Gasteiger partial charge in [-0.05, 0) is 65.8 Å². The number of hydrogen-bond acceptors (Lipinski definition) is 4. The average molecular weight is 534 g/mol. The van der Waals surface area contributed by atoms with Gasteiger partial charge in [0.1, 0.15) is 23.7 Å². The highest BCUT2D eigenvalue weighted by atomic mass is 28.3. The minimum Gasteiger partial charge on any atom is -0.373 e. The van der Waals surface area contributed by atoms with Crippen LogP contribution in [0.2, 0.25) is 16.6 Å². The molecule has 5 nitrogen and oxygen atoms in total. The first-order chi connectivity index (χ1) is 18.2. The van der Waals surface area contributed by atoms with E-state index in [1.54, 1.807) is 30.5 Å². The third-order valence-corrected chi connectivity index (χ3v) is 15.1. The second kappa shape index (κ2) is 11.5. The largest absolute Gasteiger partial charge is 0.373 e. The molecule has 1 saturated heterocycles. The van der Waals surface area contributed by atoms with Crippen LogP contribution in [0.5, 0.6) is 0 Å². The van der Waals surface area contributed by atoms with Gasteiger partial charge in [-0.25, -0.2) is 9.37 Å². The van der Waals surface area contributed by atoms with Gasteiger partial charge in [-0.1, -0.05) is 60.3 Å². The van der Waals surface area contributed by atoms with Crippen molar-refractivity contribution in [3.05, 3.63) is 71.4 Å². The van der Waals surface area contributed by atoms with E-state index < -0.39 is 20.6 Å². The van der Waals surface area contributed by atoms with Gasteiger partial charge in [-0.2, -0.15) is 5.26 Å². The fourth-order valence-electron chi connectivity index (χ4n) is 6.94. The first kappa shape index (κ1) is 28.2. The van der Waals surface area contributed by atoms with Crippen LogP contribution in [0.15, 0.2) is 43.2 Å². The molecule has 3 aromatic rings. The predicted molar refractivity (Wildman–Crippen MR) is 154 cm³/mol. The summed E-state index contributed by atoms with van der Waals surface area (Å²) in [6.45, 7) is 18.5. The van der Waals surface area contributed by atoms with E-state index in [0.29, 0.717) is 46.3 Å². The molecular formula is C31H40FN3O2Si. The normalized spacial score (nSPS) is 17.3. The first-order valence-corrected chi connectivity index (χ1v) is 15.9. The quantitative estimate of drug-likeness (QED) is 0.259. The summed E-state index contributed by atoms with van der Waals surface area (Å²) in [5.74, 6) is -0.375. The lowest BCUT2D eigenvalue weighted by molar-refractivity contribution is -0.181. The molecule has 38 heavy (non-hydrogen) atoms. The van der Waals surface area contributed by atoms with E-state index in [9.17, 15) is 5.26 Å². The second-order valence-electron chi connectivity index (χ2n) is 11.2. The van der Waals surface area contributed by atoms with Crippen molar-refractivity contribution in [2.75, 3.05) is 6.61 Å². The van der Waals surface area contributed by atoms with E-state index in [0.717, 1.165) is 23.7 Å². The molecule has 0 bridgehead atoms. The molecule has 0 amide bonds. The molecule has 1 aliphatic heterocycles. The maximum absolute atomic E-state index is 16.5. The lowest BCUT2D eigenvalue weighted by atomic mass is 9.92. The molecule has 1 aliphatic rings. The van der Waals surface area contributed by atoms with Gasteiger partial charge in [0, 0.05) is 34.8 Å².